The zero-order valence-corrected chi connectivity index (χ0v) is 16.1. The molecule has 0 saturated carbocycles. The van der Waals surface area contributed by atoms with Crippen molar-refractivity contribution in [3.8, 4) is 0 Å². The highest BCUT2D eigenvalue weighted by molar-refractivity contribution is 7.93. The largest absolute Gasteiger partial charge is 0.325 e. The number of carbonyl (C=O) groups excluding carboxylic acids is 1. The van der Waals surface area contributed by atoms with Crippen molar-refractivity contribution in [1.29, 1.82) is 0 Å². The lowest BCUT2D eigenvalue weighted by atomic mass is 9.95. The van der Waals surface area contributed by atoms with Crippen molar-refractivity contribution >= 4 is 31.5 Å². The predicted molar refractivity (Wildman–Crippen MR) is 95.7 cm³/mol. The predicted octanol–water partition coefficient (Wildman–Crippen LogP) is 0.00842. The smallest absolute Gasteiger partial charge is 0.245 e. The molecule has 1 aliphatic heterocycles. The fourth-order valence-electron chi connectivity index (χ4n) is 2.92. The van der Waals surface area contributed by atoms with Gasteiger partial charge < -0.3 is 10.6 Å². The molecule has 8 nitrogen and oxygen atoms in total. The minimum absolute atomic E-state index is 0.0338. The van der Waals surface area contributed by atoms with Gasteiger partial charge in [0, 0.05) is 11.9 Å². The van der Waals surface area contributed by atoms with Crippen molar-refractivity contribution in [2.75, 3.05) is 31.7 Å². The summed E-state index contributed by atoms with van der Waals surface area (Å²) in [6.45, 7) is 2.49. The molecule has 1 aromatic carbocycles. The number of hydrogen-bond donors (Lipinski definition) is 3. The van der Waals surface area contributed by atoms with Crippen LogP contribution in [0.5, 0.6) is 0 Å². The molecule has 1 fully saturated rings. The van der Waals surface area contributed by atoms with Crippen molar-refractivity contribution in [2.45, 2.75) is 29.4 Å². The number of sulfone groups is 1. The summed E-state index contributed by atoms with van der Waals surface area (Å²) >= 11 is 0. The molecule has 1 aliphatic rings. The maximum atomic E-state index is 12.8. The van der Waals surface area contributed by atoms with E-state index in [1.54, 1.807) is 19.1 Å². The Morgan fingerprint density at radius 1 is 1.16 bits per heavy atom. The van der Waals surface area contributed by atoms with Gasteiger partial charge in [0.1, 0.15) is 0 Å². The molecule has 0 radical (unpaired) electrons. The van der Waals surface area contributed by atoms with Gasteiger partial charge in [-0.25, -0.2) is 21.6 Å². The van der Waals surface area contributed by atoms with E-state index >= 15 is 0 Å². The zero-order chi connectivity index (χ0) is 18.9. The summed E-state index contributed by atoms with van der Waals surface area (Å²) in [6, 6.07) is 4.45. The highest BCUT2D eigenvalue weighted by atomic mass is 32.2. The molecular formula is C15H23N3O5S2. The van der Waals surface area contributed by atoms with Crippen molar-refractivity contribution in [3.63, 3.8) is 0 Å². The number of nitrogens with one attached hydrogen (secondary N) is 3. The number of anilines is 1. The van der Waals surface area contributed by atoms with E-state index in [9.17, 15) is 21.6 Å². The van der Waals surface area contributed by atoms with Gasteiger partial charge in [-0.05, 0) is 57.6 Å². The van der Waals surface area contributed by atoms with Crippen LogP contribution in [-0.4, -0.2) is 53.9 Å². The molecular weight excluding hydrogens is 366 g/mol. The van der Waals surface area contributed by atoms with E-state index in [0.29, 0.717) is 18.7 Å². The molecule has 1 amide bonds. The van der Waals surface area contributed by atoms with Crippen LogP contribution in [-0.2, 0) is 24.7 Å². The monoisotopic (exact) mass is 389 g/mol. The van der Waals surface area contributed by atoms with Crippen molar-refractivity contribution in [2.24, 2.45) is 0 Å². The maximum Gasteiger partial charge on any atom is 0.245 e. The maximum absolute atomic E-state index is 12.8. The number of aryl methyl sites for hydroxylation is 1. The summed E-state index contributed by atoms with van der Waals surface area (Å²) in [7, 11) is -6.03. The molecule has 1 saturated heterocycles. The van der Waals surface area contributed by atoms with Crippen LogP contribution in [0.1, 0.15) is 18.4 Å². The summed E-state index contributed by atoms with van der Waals surface area (Å²) in [4.78, 5) is 12.8. The van der Waals surface area contributed by atoms with Gasteiger partial charge in [-0.1, -0.05) is 6.07 Å². The van der Waals surface area contributed by atoms with Crippen LogP contribution in [0.3, 0.4) is 0 Å². The van der Waals surface area contributed by atoms with Crippen molar-refractivity contribution < 1.29 is 21.6 Å². The van der Waals surface area contributed by atoms with Crippen molar-refractivity contribution in [1.82, 2.24) is 10.0 Å². The average molecular weight is 389 g/mol. The van der Waals surface area contributed by atoms with E-state index in [0.717, 1.165) is 6.26 Å². The third kappa shape index (κ3) is 3.86. The van der Waals surface area contributed by atoms with Gasteiger partial charge in [-0.15, -0.1) is 0 Å². The second kappa shape index (κ2) is 7.02. The molecule has 0 spiro atoms. The highest BCUT2D eigenvalue weighted by Crippen LogP contribution is 2.30. The zero-order valence-electron chi connectivity index (χ0n) is 14.4. The Bertz CT molecular complexity index is 872. The standard InChI is InChI=1S/C15H23N3O5S2/c1-11-4-5-12(10-13(11)25(22,23)16-2)18-14(19)15(24(3,20)21)6-8-17-9-7-15/h4-5,10,16-17H,6-9H2,1-3H3,(H,18,19). The van der Waals surface area contributed by atoms with E-state index in [1.165, 1.54) is 13.1 Å². The summed E-state index contributed by atoms with van der Waals surface area (Å²) in [5.41, 5.74) is 0.762. The third-order valence-corrected chi connectivity index (χ3v) is 8.11. The molecule has 0 unspecified atom stereocenters. The lowest BCUT2D eigenvalue weighted by molar-refractivity contribution is -0.119. The van der Waals surface area contributed by atoms with Crippen LogP contribution in [0.4, 0.5) is 5.69 Å². The Labute approximate surface area is 148 Å². The molecule has 3 N–H and O–H groups in total. The topological polar surface area (TPSA) is 121 Å². The van der Waals surface area contributed by atoms with Crippen LogP contribution < -0.4 is 15.4 Å². The number of amides is 1. The Morgan fingerprint density at radius 3 is 2.28 bits per heavy atom. The summed E-state index contributed by atoms with van der Waals surface area (Å²) in [6.07, 6.45) is 1.40. The van der Waals surface area contributed by atoms with Gasteiger partial charge in [-0.2, -0.15) is 0 Å². The Kier molecular flexibility index (Phi) is 5.57. The fourth-order valence-corrected chi connectivity index (χ4v) is 5.25. The highest BCUT2D eigenvalue weighted by Gasteiger charge is 2.48. The van der Waals surface area contributed by atoms with Gasteiger partial charge in [0.25, 0.3) is 0 Å². The molecule has 10 heteroatoms. The number of benzene rings is 1. The molecule has 1 aromatic rings. The number of hydrogen-bond acceptors (Lipinski definition) is 6. The molecule has 1 heterocycles. The molecule has 0 aliphatic carbocycles. The van der Waals surface area contributed by atoms with Crippen LogP contribution in [0, 0.1) is 6.92 Å². The number of carbonyl (C=O) groups is 1. The van der Waals surface area contributed by atoms with E-state index < -0.39 is 30.5 Å². The van der Waals surface area contributed by atoms with Crippen LogP contribution in [0.25, 0.3) is 0 Å². The second-order valence-electron chi connectivity index (χ2n) is 6.16. The van der Waals surface area contributed by atoms with Crippen molar-refractivity contribution in [3.05, 3.63) is 23.8 Å². The first-order valence-electron chi connectivity index (χ1n) is 7.79. The van der Waals surface area contributed by atoms with Gasteiger partial charge in [0.2, 0.25) is 15.9 Å². The molecule has 25 heavy (non-hydrogen) atoms. The van der Waals surface area contributed by atoms with E-state index in [4.69, 9.17) is 0 Å². The Morgan fingerprint density at radius 2 is 1.76 bits per heavy atom. The van der Waals surface area contributed by atoms with Crippen LogP contribution >= 0.6 is 0 Å². The average Bonchev–Trinajstić information content (AvgIpc) is 2.56. The molecule has 0 aromatic heterocycles. The lowest BCUT2D eigenvalue weighted by Crippen LogP contribution is -2.55. The van der Waals surface area contributed by atoms with Gasteiger partial charge in [-0.3, -0.25) is 4.79 Å². The van der Waals surface area contributed by atoms with E-state index in [-0.39, 0.29) is 23.4 Å². The lowest BCUT2D eigenvalue weighted by Gasteiger charge is -2.34. The normalized spacial score (nSPS) is 17.9. The molecule has 2 rings (SSSR count). The first-order valence-corrected chi connectivity index (χ1v) is 11.2. The second-order valence-corrected chi connectivity index (χ2v) is 10.3. The van der Waals surface area contributed by atoms with E-state index in [2.05, 4.69) is 15.4 Å². The van der Waals surface area contributed by atoms with Crippen LogP contribution in [0.2, 0.25) is 0 Å². The van der Waals surface area contributed by atoms with Gasteiger partial charge in [0.05, 0.1) is 4.90 Å². The Balaban J connectivity index is 2.39. The Hall–Kier alpha value is -1.49. The fraction of sp³-hybridized carbons (Fsp3) is 0.533. The van der Waals surface area contributed by atoms with Gasteiger partial charge in [0.15, 0.2) is 14.6 Å². The number of rotatable bonds is 5. The molecule has 140 valence electrons. The number of piperidine rings is 1. The number of sulfonamides is 1. The summed E-state index contributed by atoms with van der Waals surface area (Å²) in [5, 5.41) is 5.63. The van der Waals surface area contributed by atoms with Gasteiger partial charge >= 0.3 is 0 Å². The first-order chi connectivity index (χ1) is 11.5. The van der Waals surface area contributed by atoms with Crippen LogP contribution in [0.15, 0.2) is 23.1 Å². The first kappa shape index (κ1) is 19.8. The SMILES string of the molecule is CNS(=O)(=O)c1cc(NC(=O)C2(S(C)(=O)=O)CCNCC2)ccc1C. The minimum Gasteiger partial charge on any atom is -0.325 e. The third-order valence-electron chi connectivity index (χ3n) is 4.54. The molecule has 0 bridgehead atoms. The molecule has 0 atom stereocenters. The van der Waals surface area contributed by atoms with E-state index in [1.807, 2.05) is 0 Å². The summed E-state index contributed by atoms with van der Waals surface area (Å²) in [5.74, 6) is -0.631. The quantitative estimate of drug-likeness (QED) is 0.652. The summed E-state index contributed by atoms with van der Waals surface area (Å²) < 4.78 is 49.4. The minimum atomic E-state index is -3.69.